The van der Waals surface area contributed by atoms with Crippen molar-refractivity contribution in [1.82, 2.24) is 10.2 Å². The summed E-state index contributed by atoms with van der Waals surface area (Å²) in [6.45, 7) is 5.95. The Morgan fingerprint density at radius 2 is 2.04 bits per heavy atom. The van der Waals surface area contributed by atoms with Gasteiger partial charge in [-0.15, -0.1) is 0 Å². The van der Waals surface area contributed by atoms with E-state index in [1.807, 2.05) is 0 Å². The van der Waals surface area contributed by atoms with Crippen LogP contribution in [-0.2, 0) is 20.8 Å². The van der Waals surface area contributed by atoms with Crippen molar-refractivity contribution in [3.8, 4) is 0 Å². The molecule has 25 heavy (non-hydrogen) atoms. The maximum Gasteiger partial charge on any atom is 0.313 e. The number of anilines is 2. The minimum atomic E-state index is -0.664. The number of benzene rings is 1. The molecule has 3 rings (SSSR count). The number of nitrogens with zero attached hydrogens (tertiary/aromatic N) is 1. The van der Waals surface area contributed by atoms with E-state index in [1.165, 1.54) is 0 Å². The topological polar surface area (TPSA) is 90.5 Å². The van der Waals surface area contributed by atoms with Crippen LogP contribution in [0.2, 0.25) is 0 Å². The Hall–Kier alpha value is -2.41. The second-order valence-corrected chi connectivity index (χ2v) is 6.92. The Morgan fingerprint density at radius 3 is 2.76 bits per heavy atom. The molecule has 2 aliphatic heterocycles. The average molecular weight is 344 g/mol. The maximum absolute atomic E-state index is 12.1. The SMILES string of the molecule is CC(C)N1CCC(NC(=O)C(=O)Nc2ccc3c(c2)CCC(=O)N3)C1. The van der Waals surface area contributed by atoms with Crippen LogP contribution in [0.3, 0.4) is 0 Å². The third-order valence-corrected chi connectivity index (χ3v) is 4.75. The van der Waals surface area contributed by atoms with E-state index in [9.17, 15) is 14.4 Å². The average Bonchev–Trinajstić information content (AvgIpc) is 3.03. The molecule has 3 N–H and O–H groups in total. The van der Waals surface area contributed by atoms with Gasteiger partial charge in [-0.3, -0.25) is 19.3 Å². The summed E-state index contributed by atoms with van der Waals surface area (Å²) in [5, 5.41) is 8.22. The molecule has 1 saturated heterocycles. The zero-order valence-corrected chi connectivity index (χ0v) is 14.6. The monoisotopic (exact) mass is 344 g/mol. The van der Waals surface area contributed by atoms with E-state index in [2.05, 4.69) is 34.7 Å². The van der Waals surface area contributed by atoms with Crippen molar-refractivity contribution in [3.63, 3.8) is 0 Å². The lowest BCUT2D eigenvalue weighted by Gasteiger charge is -2.20. The Balaban J connectivity index is 1.55. The van der Waals surface area contributed by atoms with Crippen LogP contribution < -0.4 is 16.0 Å². The highest BCUT2D eigenvalue weighted by Gasteiger charge is 2.27. The van der Waals surface area contributed by atoms with Crippen molar-refractivity contribution in [2.24, 2.45) is 0 Å². The molecule has 1 atom stereocenters. The molecule has 0 bridgehead atoms. The number of carbonyl (C=O) groups excluding carboxylic acids is 3. The van der Waals surface area contributed by atoms with Gasteiger partial charge in [0.05, 0.1) is 0 Å². The van der Waals surface area contributed by atoms with E-state index in [4.69, 9.17) is 0 Å². The summed E-state index contributed by atoms with van der Waals surface area (Å²) < 4.78 is 0. The summed E-state index contributed by atoms with van der Waals surface area (Å²) in [5.41, 5.74) is 2.28. The van der Waals surface area contributed by atoms with Crippen molar-refractivity contribution >= 4 is 29.1 Å². The van der Waals surface area contributed by atoms with Gasteiger partial charge in [-0.2, -0.15) is 0 Å². The van der Waals surface area contributed by atoms with Crippen molar-refractivity contribution in [3.05, 3.63) is 23.8 Å². The van der Waals surface area contributed by atoms with Gasteiger partial charge in [-0.25, -0.2) is 0 Å². The number of likely N-dealkylation sites (tertiary alicyclic amines) is 1. The number of hydrogen-bond donors (Lipinski definition) is 3. The molecule has 0 radical (unpaired) electrons. The van der Waals surface area contributed by atoms with Crippen molar-refractivity contribution in [1.29, 1.82) is 0 Å². The Morgan fingerprint density at radius 1 is 1.24 bits per heavy atom. The summed E-state index contributed by atoms with van der Waals surface area (Å²) >= 11 is 0. The Bertz CT molecular complexity index is 702. The lowest BCUT2D eigenvalue weighted by molar-refractivity contribution is -0.136. The van der Waals surface area contributed by atoms with Crippen LogP contribution in [0.15, 0.2) is 18.2 Å². The Labute approximate surface area is 147 Å². The third kappa shape index (κ3) is 4.17. The molecule has 2 aliphatic rings. The van der Waals surface area contributed by atoms with Gasteiger partial charge in [0.1, 0.15) is 0 Å². The molecular weight excluding hydrogens is 320 g/mol. The summed E-state index contributed by atoms with van der Waals surface area (Å²) in [4.78, 5) is 37.9. The second-order valence-electron chi connectivity index (χ2n) is 6.92. The number of carbonyl (C=O) groups is 3. The van der Waals surface area contributed by atoms with Gasteiger partial charge in [-0.1, -0.05) is 0 Å². The minimum Gasteiger partial charge on any atom is -0.344 e. The first-order chi connectivity index (χ1) is 11.9. The summed E-state index contributed by atoms with van der Waals surface area (Å²) in [6, 6.07) is 5.69. The number of fused-ring (bicyclic) bond motifs is 1. The lowest BCUT2D eigenvalue weighted by atomic mass is 10.0. The first-order valence-corrected chi connectivity index (χ1v) is 8.71. The van der Waals surface area contributed by atoms with Crippen molar-refractivity contribution < 1.29 is 14.4 Å². The highest BCUT2D eigenvalue weighted by Crippen LogP contribution is 2.25. The number of amides is 3. The second kappa shape index (κ2) is 7.23. The van der Waals surface area contributed by atoms with Crippen LogP contribution in [0.5, 0.6) is 0 Å². The van der Waals surface area contributed by atoms with Crippen LogP contribution in [0.4, 0.5) is 11.4 Å². The largest absolute Gasteiger partial charge is 0.344 e. The molecule has 0 spiro atoms. The molecule has 7 nitrogen and oxygen atoms in total. The molecule has 0 saturated carbocycles. The van der Waals surface area contributed by atoms with Crippen LogP contribution in [0, 0.1) is 0 Å². The molecule has 1 aromatic carbocycles. The van der Waals surface area contributed by atoms with E-state index in [1.54, 1.807) is 18.2 Å². The summed E-state index contributed by atoms with van der Waals surface area (Å²) in [6.07, 6.45) is 1.92. The predicted octanol–water partition coefficient (Wildman–Crippen LogP) is 1.11. The molecule has 134 valence electrons. The molecular formula is C18H24N4O3. The zero-order valence-electron chi connectivity index (χ0n) is 14.6. The van der Waals surface area contributed by atoms with Gasteiger partial charge in [0, 0.05) is 43.0 Å². The first-order valence-electron chi connectivity index (χ1n) is 8.71. The van der Waals surface area contributed by atoms with Crippen LogP contribution >= 0.6 is 0 Å². The molecule has 1 fully saturated rings. The van der Waals surface area contributed by atoms with Crippen LogP contribution in [0.25, 0.3) is 0 Å². The van der Waals surface area contributed by atoms with Crippen molar-refractivity contribution in [2.75, 3.05) is 23.7 Å². The van der Waals surface area contributed by atoms with Gasteiger partial charge in [0.25, 0.3) is 0 Å². The fourth-order valence-corrected chi connectivity index (χ4v) is 3.27. The normalized spacial score (nSPS) is 20.1. The number of rotatable bonds is 3. The van der Waals surface area contributed by atoms with Gasteiger partial charge in [0.2, 0.25) is 5.91 Å². The van der Waals surface area contributed by atoms with E-state index in [0.29, 0.717) is 24.6 Å². The van der Waals surface area contributed by atoms with Crippen molar-refractivity contribution in [2.45, 2.75) is 45.2 Å². The molecule has 1 unspecified atom stereocenters. The fraction of sp³-hybridized carbons (Fsp3) is 0.500. The van der Waals surface area contributed by atoms with Crippen LogP contribution in [-0.4, -0.2) is 47.8 Å². The van der Waals surface area contributed by atoms with E-state index in [0.717, 1.165) is 30.8 Å². The molecule has 7 heteroatoms. The van der Waals surface area contributed by atoms with E-state index < -0.39 is 11.8 Å². The van der Waals surface area contributed by atoms with E-state index in [-0.39, 0.29) is 11.9 Å². The van der Waals surface area contributed by atoms with Gasteiger partial charge in [-0.05, 0) is 50.5 Å². The standard InChI is InChI=1S/C18H24N4O3/c1-11(2)22-8-7-14(10-22)20-18(25)17(24)19-13-4-5-15-12(9-13)3-6-16(23)21-15/h4-5,9,11,14H,3,6-8,10H2,1-2H3,(H,19,24)(H,20,25)(H,21,23). The summed E-state index contributed by atoms with van der Waals surface area (Å²) in [7, 11) is 0. The molecule has 1 aromatic rings. The zero-order chi connectivity index (χ0) is 18.0. The maximum atomic E-state index is 12.1. The van der Waals surface area contributed by atoms with Gasteiger partial charge >= 0.3 is 11.8 Å². The quantitative estimate of drug-likeness (QED) is 0.717. The van der Waals surface area contributed by atoms with Gasteiger partial charge < -0.3 is 16.0 Å². The number of hydrogen-bond acceptors (Lipinski definition) is 4. The first kappa shape index (κ1) is 17.4. The third-order valence-electron chi connectivity index (χ3n) is 4.75. The molecule has 2 heterocycles. The number of aryl methyl sites for hydroxylation is 1. The number of nitrogens with one attached hydrogen (secondary N) is 3. The minimum absolute atomic E-state index is 0.00401. The summed E-state index contributed by atoms with van der Waals surface area (Å²) in [5.74, 6) is -1.28. The molecule has 0 aliphatic carbocycles. The van der Waals surface area contributed by atoms with Crippen LogP contribution in [0.1, 0.15) is 32.3 Å². The predicted molar refractivity (Wildman–Crippen MR) is 95.3 cm³/mol. The Kier molecular flexibility index (Phi) is 5.03. The highest BCUT2D eigenvalue weighted by molar-refractivity contribution is 6.39. The smallest absolute Gasteiger partial charge is 0.313 e. The fourth-order valence-electron chi connectivity index (χ4n) is 3.27. The lowest BCUT2D eigenvalue weighted by Crippen LogP contribution is -2.43. The molecule has 0 aromatic heterocycles. The molecule has 3 amide bonds. The van der Waals surface area contributed by atoms with Gasteiger partial charge in [0.15, 0.2) is 0 Å². The highest BCUT2D eigenvalue weighted by atomic mass is 16.2. The van der Waals surface area contributed by atoms with E-state index >= 15 is 0 Å².